The average molecular weight is 348 g/mol. The van der Waals surface area contributed by atoms with E-state index in [1.165, 1.54) is 0 Å². The van der Waals surface area contributed by atoms with Gasteiger partial charge in [-0.1, -0.05) is 23.8 Å². The number of aromatic amines is 1. The van der Waals surface area contributed by atoms with Crippen LogP contribution in [0.5, 0.6) is 0 Å². The van der Waals surface area contributed by atoms with Gasteiger partial charge in [0, 0.05) is 13.0 Å². The minimum absolute atomic E-state index is 0.00148. The van der Waals surface area contributed by atoms with Crippen molar-refractivity contribution in [3.8, 4) is 0 Å². The van der Waals surface area contributed by atoms with Crippen molar-refractivity contribution in [3.63, 3.8) is 0 Å². The Morgan fingerprint density at radius 3 is 2.69 bits per heavy atom. The summed E-state index contributed by atoms with van der Waals surface area (Å²) in [6.07, 6.45) is 0.00148. The van der Waals surface area contributed by atoms with Crippen LogP contribution >= 0.6 is 0 Å². The third-order valence-corrected chi connectivity index (χ3v) is 4.34. The highest BCUT2D eigenvalue weighted by molar-refractivity contribution is 6.21. The van der Waals surface area contributed by atoms with E-state index in [9.17, 15) is 14.4 Å². The van der Waals surface area contributed by atoms with Gasteiger partial charge in [0.1, 0.15) is 0 Å². The number of fused-ring (bicyclic) bond motifs is 2. The molecule has 1 aromatic heterocycles. The van der Waals surface area contributed by atoms with Gasteiger partial charge in [0.2, 0.25) is 11.9 Å². The second-order valence-electron chi connectivity index (χ2n) is 6.21. The number of aryl methyl sites for hydroxylation is 1. The fourth-order valence-corrected chi connectivity index (χ4v) is 3.03. The normalized spacial score (nSPS) is 13.3. The van der Waals surface area contributed by atoms with Gasteiger partial charge in [0.05, 0.1) is 22.2 Å². The fraction of sp³-hybridized carbons (Fsp3) is 0.158. The number of carbonyl (C=O) groups is 3. The van der Waals surface area contributed by atoms with Gasteiger partial charge >= 0.3 is 0 Å². The average Bonchev–Trinajstić information content (AvgIpc) is 3.12. The first-order valence-electron chi connectivity index (χ1n) is 8.24. The van der Waals surface area contributed by atoms with E-state index < -0.39 is 0 Å². The van der Waals surface area contributed by atoms with Crippen LogP contribution in [-0.2, 0) is 4.79 Å². The Balaban J connectivity index is 1.42. The molecule has 2 heterocycles. The molecule has 7 heteroatoms. The van der Waals surface area contributed by atoms with Gasteiger partial charge in [-0.25, -0.2) is 4.98 Å². The highest BCUT2D eigenvalue weighted by atomic mass is 16.2. The van der Waals surface area contributed by atoms with Gasteiger partial charge in [0.15, 0.2) is 0 Å². The number of H-pyrrole nitrogens is 1. The van der Waals surface area contributed by atoms with Crippen molar-refractivity contribution in [2.45, 2.75) is 13.3 Å². The van der Waals surface area contributed by atoms with E-state index in [1.807, 2.05) is 31.2 Å². The summed E-state index contributed by atoms with van der Waals surface area (Å²) < 4.78 is 0. The predicted octanol–water partition coefficient (Wildman–Crippen LogP) is 2.50. The van der Waals surface area contributed by atoms with Crippen LogP contribution in [0.4, 0.5) is 5.95 Å². The molecule has 0 atom stereocenters. The standard InChI is InChI=1S/C19H16N4O3/c1-11-6-7-12-13(10-11)18(26)23(17(12)25)9-8-16(24)22-19-20-14-4-2-3-5-15(14)21-19/h2-7,10H,8-9H2,1H3,(H2,20,21,22,24). The summed E-state index contributed by atoms with van der Waals surface area (Å²) in [7, 11) is 0. The highest BCUT2D eigenvalue weighted by Gasteiger charge is 2.35. The molecule has 2 N–H and O–H groups in total. The van der Waals surface area contributed by atoms with E-state index in [1.54, 1.807) is 18.2 Å². The molecule has 7 nitrogen and oxygen atoms in total. The number of imide groups is 1. The maximum Gasteiger partial charge on any atom is 0.261 e. The summed E-state index contributed by atoms with van der Waals surface area (Å²) in [5, 5.41) is 2.66. The van der Waals surface area contributed by atoms with Crippen molar-refractivity contribution in [1.29, 1.82) is 0 Å². The summed E-state index contributed by atoms with van der Waals surface area (Å²) in [6, 6.07) is 12.6. The lowest BCUT2D eigenvalue weighted by atomic mass is 10.1. The molecular weight excluding hydrogens is 332 g/mol. The lowest BCUT2D eigenvalue weighted by Crippen LogP contribution is -2.33. The molecule has 0 aliphatic carbocycles. The van der Waals surface area contributed by atoms with Crippen LogP contribution in [0.2, 0.25) is 0 Å². The predicted molar refractivity (Wildman–Crippen MR) is 95.9 cm³/mol. The molecule has 2 aromatic carbocycles. The SMILES string of the molecule is Cc1ccc2c(c1)C(=O)N(CCC(=O)Nc1nc3ccccc3[nH]1)C2=O. The Morgan fingerprint density at radius 2 is 1.88 bits per heavy atom. The molecule has 0 spiro atoms. The monoisotopic (exact) mass is 348 g/mol. The quantitative estimate of drug-likeness (QED) is 0.708. The first kappa shape index (κ1) is 16.0. The molecule has 130 valence electrons. The molecular formula is C19H16N4O3. The second-order valence-corrected chi connectivity index (χ2v) is 6.21. The number of rotatable bonds is 4. The van der Waals surface area contributed by atoms with E-state index in [0.717, 1.165) is 21.5 Å². The fourth-order valence-electron chi connectivity index (χ4n) is 3.03. The number of anilines is 1. The minimum atomic E-state index is -0.360. The summed E-state index contributed by atoms with van der Waals surface area (Å²) in [5.41, 5.74) is 3.26. The van der Waals surface area contributed by atoms with Gasteiger partial charge in [-0.15, -0.1) is 0 Å². The van der Waals surface area contributed by atoms with Gasteiger partial charge in [0.25, 0.3) is 11.8 Å². The van der Waals surface area contributed by atoms with E-state index in [4.69, 9.17) is 0 Å². The number of hydrogen-bond donors (Lipinski definition) is 2. The number of amides is 3. The van der Waals surface area contributed by atoms with Crippen molar-refractivity contribution in [2.24, 2.45) is 0 Å². The van der Waals surface area contributed by atoms with E-state index in [-0.39, 0.29) is 30.7 Å². The topological polar surface area (TPSA) is 95.2 Å². The zero-order chi connectivity index (χ0) is 18.3. The van der Waals surface area contributed by atoms with Crippen molar-refractivity contribution < 1.29 is 14.4 Å². The van der Waals surface area contributed by atoms with Crippen LogP contribution in [0.1, 0.15) is 32.7 Å². The van der Waals surface area contributed by atoms with Gasteiger partial charge in [-0.05, 0) is 31.2 Å². The number of imidazole rings is 1. The molecule has 0 bridgehead atoms. The number of carbonyl (C=O) groups excluding carboxylic acids is 3. The minimum Gasteiger partial charge on any atom is -0.324 e. The molecule has 1 aliphatic heterocycles. The number of nitrogens with zero attached hydrogens (tertiary/aromatic N) is 2. The van der Waals surface area contributed by atoms with Gasteiger partial charge < -0.3 is 4.98 Å². The Morgan fingerprint density at radius 1 is 1.12 bits per heavy atom. The van der Waals surface area contributed by atoms with Crippen molar-refractivity contribution in [3.05, 3.63) is 59.2 Å². The maximum atomic E-state index is 12.4. The van der Waals surface area contributed by atoms with Crippen LogP contribution in [0.15, 0.2) is 42.5 Å². The lowest BCUT2D eigenvalue weighted by Gasteiger charge is -2.12. The van der Waals surface area contributed by atoms with Gasteiger partial charge in [-0.2, -0.15) is 0 Å². The first-order valence-corrected chi connectivity index (χ1v) is 8.24. The number of aromatic nitrogens is 2. The summed E-state index contributed by atoms with van der Waals surface area (Å²) in [4.78, 5) is 45.3. The van der Waals surface area contributed by atoms with Crippen LogP contribution in [0, 0.1) is 6.92 Å². The first-order chi connectivity index (χ1) is 12.5. The Bertz CT molecular complexity index is 1020. The largest absolute Gasteiger partial charge is 0.324 e. The number of nitrogens with one attached hydrogen (secondary N) is 2. The van der Waals surface area contributed by atoms with Crippen LogP contribution in [-0.4, -0.2) is 39.1 Å². The number of para-hydroxylation sites is 2. The maximum absolute atomic E-state index is 12.4. The Hall–Kier alpha value is -3.48. The molecule has 1 aliphatic rings. The molecule has 3 amide bonds. The Kier molecular flexibility index (Phi) is 3.76. The molecule has 0 radical (unpaired) electrons. The molecule has 0 fully saturated rings. The third kappa shape index (κ3) is 2.73. The van der Waals surface area contributed by atoms with Crippen molar-refractivity contribution >= 4 is 34.7 Å². The number of hydrogen-bond acceptors (Lipinski definition) is 4. The Labute approximate surface area is 149 Å². The molecule has 3 aromatic rings. The smallest absolute Gasteiger partial charge is 0.261 e. The lowest BCUT2D eigenvalue weighted by molar-refractivity contribution is -0.116. The van der Waals surface area contributed by atoms with E-state index >= 15 is 0 Å². The van der Waals surface area contributed by atoms with Crippen molar-refractivity contribution in [1.82, 2.24) is 14.9 Å². The summed E-state index contributed by atoms with van der Waals surface area (Å²) >= 11 is 0. The number of benzene rings is 2. The summed E-state index contributed by atoms with van der Waals surface area (Å²) in [6.45, 7) is 1.89. The molecule has 26 heavy (non-hydrogen) atoms. The highest BCUT2D eigenvalue weighted by Crippen LogP contribution is 2.24. The van der Waals surface area contributed by atoms with Gasteiger partial charge in [-0.3, -0.25) is 24.6 Å². The molecule has 0 saturated carbocycles. The zero-order valence-electron chi connectivity index (χ0n) is 14.1. The van der Waals surface area contributed by atoms with Crippen LogP contribution in [0.25, 0.3) is 11.0 Å². The second kappa shape index (κ2) is 6.11. The molecule has 0 unspecified atom stereocenters. The van der Waals surface area contributed by atoms with Crippen LogP contribution in [0.3, 0.4) is 0 Å². The van der Waals surface area contributed by atoms with E-state index in [2.05, 4.69) is 15.3 Å². The van der Waals surface area contributed by atoms with Crippen LogP contribution < -0.4 is 5.32 Å². The van der Waals surface area contributed by atoms with Crippen molar-refractivity contribution in [2.75, 3.05) is 11.9 Å². The molecule has 4 rings (SSSR count). The van der Waals surface area contributed by atoms with E-state index in [0.29, 0.717) is 17.1 Å². The zero-order valence-corrected chi connectivity index (χ0v) is 14.1. The molecule has 0 saturated heterocycles. The third-order valence-electron chi connectivity index (χ3n) is 4.34. The summed E-state index contributed by atoms with van der Waals surface area (Å²) in [5.74, 6) is -0.697.